The number of phenolic OH excluding ortho intramolecular Hbond substituents is 1. The number of nitro benzene ring substituents is 1. The molecule has 2 aromatic rings. The summed E-state index contributed by atoms with van der Waals surface area (Å²) in [6.07, 6.45) is -0.0107. The van der Waals surface area contributed by atoms with Crippen molar-refractivity contribution in [3.63, 3.8) is 0 Å². The van der Waals surface area contributed by atoms with E-state index in [0.717, 1.165) is 6.07 Å². The molecule has 0 bridgehead atoms. The molecule has 0 radical (unpaired) electrons. The van der Waals surface area contributed by atoms with Gasteiger partial charge >= 0.3 is 17.6 Å². The van der Waals surface area contributed by atoms with Crippen molar-refractivity contribution in [3.05, 3.63) is 63.7 Å². The number of benzene rings is 2. The number of hydrogen-bond donors (Lipinski definition) is 4. The molecule has 28 heavy (non-hydrogen) atoms. The second kappa shape index (κ2) is 8.93. The maximum atomic E-state index is 12.2. The molecule has 2 unspecified atom stereocenters. The summed E-state index contributed by atoms with van der Waals surface area (Å²) >= 11 is 0. The van der Waals surface area contributed by atoms with Gasteiger partial charge in [-0.3, -0.25) is 14.9 Å². The van der Waals surface area contributed by atoms with Crippen molar-refractivity contribution in [1.82, 2.24) is 0 Å². The fourth-order valence-electron chi connectivity index (χ4n) is 2.41. The standard InChI is InChI=1S/C18H19N3O7/c19-13(17(23)24)8-11-3-6-16(15(9-11)21(26)27)28-18(25)14(20)7-10-1-4-12(22)5-2-10/h1-6,9,13-14,22H,7-8,19-20H2,(H,23,24). The van der Waals surface area contributed by atoms with Crippen LogP contribution in [0.15, 0.2) is 42.5 Å². The zero-order valence-corrected chi connectivity index (χ0v) is 14.6. The molecular formula is C18H19N3O7. The fraction of sp³-hybridized carbons (Fsp3) is 0.222. The van der Waals surface area contributed by atoms with Gasteiger partial charge in [0, 0.05) is 6.07 Å². The maximum Gasteiger partial charge on any atom is 0.328 e. The molecule has 0 aliphatic heterocycles. The van der Waals surface area contributed by atoms with Crippen molar-refractivity contribution < 1.29 is 29.5 Å². The first-order valence-corrected chi connectivity index (χ1v) is 8.18. The molecule has 0 saturated carbocycles. The number of phenols is 1. The van der Waals surface area contributed by atoms with Gasteiger partial charge in [0.15, 0.2) is 0 Å². The number of rotatable bonds is 8. The van der Waals surface area contributed by atoms with Gasteiger partial charge in [0.25, 0.3) is 0 Å². The Morgan fingerprint density at radius 3 is 2.18 bits per heavy atom. The fourth-order valence-corrected chi connectivity index (χ4v) is 2.41. The van der Waals surface area contributed by atoms with Crippen LogP contribution in [-0.2, 0) is 22.4 Å². The van der Waals surface area contributed by atoms with Crippen molar-refractivity contribution >= 4 is 17.6 Å². The van der Waals surface area contributed by atoms with Gasteiger partial charge in [0.05, 0.1) is 4.92 Å². The highest BCUT2D eigenvalue weighted by molar-refractivity contribution is 5.79. The summed E-state index contributed by atoms with van der Waals surface area (Å²) in [4.78, 5) is 33.5. The summed E-state index contributed by atoms with van der Waals surface area (Å²) in [5.74, 6) is -2.34. The van der Waals surface area contributed by atoms with E-state index in [1.54, 1.807) is 12.1 Å². The van der Waals surface area contributed by atoms with E-state index in [1.165, 1.54) is 24.3 Å². The van der Waals surface area contributed by atoms with Gasteiger partial charge in [-0.1, -0.05) is 18.2 Å². The molecule has 0 aromatic heterocycles. The highest BCUT2D eigenvalue weighted by Gasteiger charge is 2.23. The number of carboxylic acids is 1. The lowest BCUT2D eigenvalue weighted by Gasteiger charge is -2.12. The number of esters is 1. The molecule has 2 aromatic carbocycles. The van der Waals surface area contributed by atoms with Crippen molar-refractivity contribution in [2.24, 2.45) is 11.5 Å². The van der Waals surface area contributed by atoms with E-state index in [9.17, 15) is 24.8 Å². The minimum Gasteiger partial charge on any atom is -0.508 e. The Morgan fingerprint density at radius 1 is 1.04 bits per heavy atom. The highest BCUT2D eigenvalue weighted by atomic mass is 16.6. The van der Waals surface area contributed by atoms with Crippen molar-refractivity contribution in [2.75, 3.05) is 0 Å². The Hall–Kier alpha value is -3.50. The van der Waals surface area contributed by atoms with Crippen LogP contribution in [0.4, 0.5) is 5.69 Å². The number of aromatic hydroxyl groups is 1. The summed E-state index contributed by atoms with van der Waals surface area (Å²) in [5, 5.41) is 29.4. The Labute approximate surface area is 159 Å². The molecule has 2 atom stereocenters. The topological polar surface area (TPSA) is 179 Å². The molecule has 6 N–H and O–H groups in total. The van der Waals surface area contributed by atoms with Crippen LogP contribution in [0.25, 0.3) is 0 Å². The van der Waals surface area contributed by atoms with Crippen LogP contribution in [-0.4, -0.2) is 39.2 Å². The second-order valence-corrected chi connectivity index (χ2v) is 6.11. The molecule has 10 nitrogen and oxygen atoms in total. The van der Waals surface area contributed by atoms with E-state index in [1.807, 2.05) is 0 Å². The third kappa shape index (κ3) is 5.50. The van der Waals surface area contributed by atoms with Crippen molar-refractivity contribution in [1.29, 1.82) is 0 Å². The third-order valence-electron chi connectivity index (χ3n) is 3.90. The van der Waals surface area contributed by atoms with E-state index in [-0.39, 0.29) is 24.3 Å². The molecule has 2 rings (SSSR count). The number of nitrogens with zero attached hydrogens (tertiary/aromatic N) is 1. The molecule has 148 valence electrons. The zero-order valence-electron chi connectivity index (χ0n) is 14.6. The predicted octanol–water partition coefficient (Wildman–Crippen LogP) is 0.730. The Balaban J connectivity index is 2.12. The van der Waals surface area contributed by atoms with E-state index in [0.29, 0.717) is 11.1 Å². The Kier molecular flexibility index (Phi) is 6.64. The van der Waals surface area contributed by atoms with Gasteiger partial charge < -0.3 is 26.4 Å². The lowest BCUT2D eigenvalue weighted by atomic mass is 10.1. The number of ether oxygens (including phenoxy) is 1. The predicted molar refractivity (Wildman–Crippen MR) is 97.8 cm³/mol. The van der Waals surface area contributed by atoms with Crippen LogP contribution >= 0.6 is 0 Å². The van der Waals surface area contributed by atoms with Crippen LogP contribution in [0.5, 0.6) is 11.5 Å². The van der Waals surface area contributed by atoms with Crippen molar-refractivity contribution in [3.8, 4) is 11.5 Å². The lowest BCUT2D eigenvalue weighted by Crippen LogP contribution is -2.36. The molecule has 0 fully saturated rings. The first-order chi connectivity index (χ1) is 13.2. The van der Waals surface area contributed by atoms with Crippen LogP contribution in [0.3, 0.4) is 0 Å². The number of nitrogens with two attached hydrogens (primary N) is 2. The Morgan fingerprint density at radius 2 is 1.61 bits per heavy atom. The zero-order chi connectivity index (χ0) is 20.8. The number of nitro groups is 1. The van der Waals surface area contributed by atoms with Crippen LogP contribution < -0.4 is 16.2 Å². The molecule has 0 heterocycles. The summed E-state index contributed by atoms with van der Waals surface area (Å²) in [6, 6.07) is 7.47. The SMILES string of the molecule is NC(Cc1ccc(OC(=O)C(N)Cc2ccc(O)cc2)c([N+](=O)[O-])c1)C(=O)O. The van der Waals surface area contributed by atoms with Gasteiger partial charge in [-0.15, -0.1) is 0 Å². The van der Waals surface area contributed by atoms with Gasteiger partial charge in [-0.2, -0.15) is 0 Å². The van der Waals surface area contributed by atoms with Crippen LogP contribution in [0, 0.1) is 10.1 Å². The largest absolute Gasteiger partial charge is 0.508 e. The number of hydrogen-bond acceptors (Lipinski definition) is 8. The van der Waals surface area contributed by atoms with Crippen LogP contribution in [0.2, 0.25) is 0 Å². The Bertz CT molecular complexity index is 883. The number of carbonyl (C=O) groups excluding carboxylic acids is 1. The maximum absolute atomic E-state index is 12.2. The van der Waals surface area contributed by atoms with E-state index in [2.05, 4.69) is 0 Å². The quantitative estimate of drug-likeness (QED) is 0.219. The van der Waals surface area contributed by atoms with Gasteiger partial charge in [0.2, 0.25) is 5.75 Å². The van der Waals surface area contributed by atoms with E-state index in [4.69, 9.17) is 21.3 Å². The van der Waals surface area contributed by atoms with Crippen molar-refractivity contribution in [2.45, 2.75) is 24.9 Å². The average molecular weight is 389 g/mol. The molecular weight excluding hydrogens is 370 g/mol. The van der Waals surface area contributed by atoms with E-state index < -0.39 is 34.6 Å². The monoisotopic (exact) mass is 389 g/mol. The summed E-state index contributed by atoms with van der Waals surface area (Å²) < 4.78 is 5.07. The molecule has 0 amide bonds. The highest BCUT2D eigenvalue weighted by Crippen LogP contribution is 2.29. The smallest absolute Gasteiger partial charge is 0.328 e. The van der Waals surface area contributed by atoms with Crippen LogP contribution in [0.1, 0.15) is 11.1 Å². The minimum absolute atomic E-state index is 0.0678. The third-order valence-corrected chi connectivity index (χ3v) is 3.90. The number of carboxylic acid groups (broad SMARTS) is 1. The molecule has 0 aliphatic rings. The summed E-state index contributed by atoms with van der Waals surface area (Å²) in [7, 11) is 0. The van der Waals surface area contributed by atoms with Gasteiger partial charge in [-0.25, -0.2) is 4.79 Å². The number of aliphatic carboxylic acids is 1. The van der Waals surface area contributed by atoms with E-state index >= 15 is 0 Å². The molecule has 0 spiro atoms. The average Bonchev–Trinajstić information content (AvgIpc) is 2.64. The summed E-state index contributed by atoms with van der Waals surface area (Å²) in [5.41, 5.74) is 11.7. The first kappa shape index (κ1) is 20.8. The lowest BCUT2D eigenvalue weighted by molar-refractivity contribution is -0.385. The molecule has 0 aliphatic carbocycles. The molecule has 0 saturated heterocycles. The first-order valence-electron chi connectivity index (χ1n) is 8.18. The van der Waals surface area contributed by atoms with Gasteiger partial charge in [0.1, 0.15) is 17.8 Å². The van der Waals surface area contributed by atoms with Gasteiger partial charge in [-0.05, 0) is 42.2 Å². The summed E-state index contributed by atoms with van der Waals surface area (Å²) in [6.45, 7) is 0. The molecule has 10 heteroatoms. The minimum atomic E-state index is -1.24. The second-order valence-electron chi connectivity index (χ2n) is 6.11. The number of carbonyl (C=O) groups is 2. The normalized spacial score (nSPS) is 12.8.